The van der Waals surface area contributed by atoms with Gasteiger partial charge in [-0.15, -0.1) is 0 Å². The number of unbranched alkanes of at least 4 members (excludes halogenated alkanes) is 1. The van der Waals surface area contributed by atoms with E-state index < -0.39 is 0 Å². The molecule has 1 fully saturated rings. The summed E-state index contributed by atoms with van der Waals surface area (Å²) in [6.07, 6.45) is 3.11. The van der Waals surface area contributed by atoms with Crippen LogP contribution in [-0.2, 0) is 6.42 Å². The first kappa shape index (κ1) is 16.8. The van der Waals surface area contributed by atoms with Crippen LogP contribution < -0.4 is 4.90 Å². The van der Waals surface area contributed by atoms with Crippen molar-refractivity contribution in [1.82, 2.24) is 15.0 Å². The highest BCUT2D eigenvalue weighted by Crippen LogP contribution is 2.28. The average Bonchev–Trinajstić information content (AvgIpc) is 3.09. The van der Waals surface area contributed by atoms with E-state index in [-0.39, 0.29) is 6.04 Å². The second-order valence-corrected chi connectivity index (χ2v) is 6.34. The van der Waals surface area contributed by atoms with Gasteiger partial charge < -0.3 is 14.5 Å². The van der Waals surface area contributed by atoms with Crippen molar-refractivity contribution in [2.75, 3.05) is 31.1 Å². The van der Waals surface area contributed by atoms with E-state index in [4.69, 9.17) is 4.52 Å². The highest BCUT2D eigenvalue weighted by molar-refractivity contribution is 5.57. The van der Waals surface area contributed by atoms with E-state index in [9.17, 15) is 5.11 Å². The van der Waals surface area contributed by atoms with Crippen molar-refractivity contribution in [3.63, 3.8) is 0 Å². The van der Waals surface area contributed by atoms with E-state index in [0.29, 0.717) is 11.6 Å². The lowest BCUT2D eigenvalue weighted by molar-refractivity contribution is 0.164. The van der Waals surface area contributed by atoms with Gasteiger partial charge in [-0.05, 0) is 25.5 Å². The van der Waals surface area contributed by atoms with E-state index in [2.05, 4.69) is 33.8 Å². The van der Waals surface area contributed by atoms with Gasteiger partial charge in [-0.2, -0.15) is 4.98 Å². The van der Waals surface area contributed by atoms with Gasteiger partial charge in [0.2, 0.25) is 5.89 Å². The number of aryl methyl sites for hydroxylation is 1. The Morgan fingerprint density at radius 1 is 1.21 bits per heavy atom. The molecular formula is C18H26N4O2. The standard InChI is InChI=1S/C18H26N4O2/c1-3-4-9-17-19-18(24-20-17)14(2)21-10-12-22(13-11-21)15-7-5-6-8-16(15)23/h5-8,14,23H,3-4,9-13H2,1-2H3/t14-/m0/s1. The van der Waals surface area contributed by atoms with Crippen LogP contribution in [0.15, 0.2) is 28.8 Å². The number of phenolic OH excluding ortho intramolecular Hbond substituents is 1. The summed E-state index contributed by atoms with van der Waals surface area (Å²) in [6.45, 7) is 7.84. The number of para-hydroxylation sites is 2. The van der Waals surface area contributed by atoms with Crippen molar-refractivity contribution >= 4 is 5.69 Å². The summed E-state index contributed by atoms with van der Waals surface area (Å²) < 4.78 is 5.45. The lowest BCUT2D eigenvalue weighted by Crippen LogP contribution is -2.47. The summed E-state index contributed by atoms with van der Waals surface area (Å²) in [6, 6.07) is 7.63. The fraction of sp³-hybridized carbons (Fsp3) is 0.556. The zero-order chi connectivity index (χ0) is 16.9. The summed E-state index contributed by atoms with van der Waals surface area (Å²) in [5.74, 6) is 1.86. The Balaban J connectivity index is 1.58. The molecular weight excluding hydrogens is 304 g/mol. The lowest BCUT2D eigenvalue weighted by atomic mass is 10.2. The summed E-state index contributed by atoms with van der Waals surface area (Å²) >= 11 is 0. The fourth-order valence-corrected chi connectivity index (χ4v) is 3.11. The summed E-state index contributed by atoms with van der Waals surface area (Å²) in [5.41, 5.74) is 0.907. The van der Waals surface area contributed by atoms with Gasteiger partial charge in [0.05, 0.1) is 11.7 Å². The molecule has 1 aromatic heterocycles. The molecule has 0 unspecified atom stereocenters. The number of phenols is 1. The molecule has 1 atom stereocenters. The maximum Gasteiger partial charge on any atom is 0.243 e. The van der Waals surface area contributed by atoms with Gasteiger partial charge in [-0.25, -0.2) is 0 Å². The highest BCUT2D eigenvalue weighted by Gasteiger charge is 2.26. The smallest absolute Gasteiger partial charge is 0.243 e. The van der Waals surface area contributed by atoms with Crippen molar-refractivity contribution in [1.29, 1.82) is 0 Å². The molecule has 1 saturated heterocycles. The molecule has 1 N–H and O–H groups in total. The molecule has 3 rings (SSSR count). The minimum atomic E-state index is 0.124. The third-order valence-electron chi connectivity index (χ3n) is 4.68. The first-order chi connectivity index (χ1) is 11.7. The van der Waals surface area contributed by atoms with Crippen molar-refractivity contribution < 1.29 is 9.63 Å². The van der Waals surface area contributed by atoms with Gasteiger partial charge in [-0.3, -0.25) is 4.90 Å². The number of piperazine rings is 1. The average molecular weight is 330 g/mol. The zero-order valence-electron chi connectivity index (χ0n) is 14.5. The Labute approximate surface area is 143 Å². The number of aromatic nitrogens is 2. The topological polar surface area (TPSA) is 65.6 Å². The van der Waals surface area contributed by atoms with Crippen molar-refractivity contribution in [3.05, 3.63) is 36.0 Å². The quantitative estimate of drug-likeness (QED) is 0.878. The number of hydrogen-bond acceptors (Lipinski definition) is 6. The Kier molecular flexibility index (Phi) is 5.35. The van der Waals surface area contributed by atoms with Crippen LogP contribution in [0.3, 0.4) is 0 Å². The lowest BCUT2D eigenvalue weighted by Gasteiger charge is -2.38. The van der Waals surface area contributed by atoms with E-state index in [1.807, 2.05) is 18.2 Å². The van der Waals surface area contributed by atoms with Gasteiger partial charge in [-0.1, -0.05) is 30.6 Å². The van der Waals surface area contributed by atoms with Crippen LogP contribution in [0, 0.1) is 0 Å². The first-order valence-electron chi connectivity index (χ1n) is 8.78. The second kappa shape index (κ2) is 7.66. The first-order valence-corrected chi connectivity index (χ1v) is 8.78. The van der Waals surface area contributed by atoms with Gasteiger partial charge >= 0.3 is 0 Å². The predicted octanol–water partition coefficient (Wildman–Crippen LogP) is 3.00. The molecule has 1 aliphatic heterocycles. The maximum atomic E-state index is 10.0. The number of nitrogens with zero attached hydrogens (tertiary/aromatic N) is 4. The van der Waals surface area contributed by atoms with E-state index in [0.717, 1.165) is 57.0 Å². The number of hydrogen-bond donors (Lipinski definition) is 1. The predicted molar refractivity (Wildman–Crippen MR) is 93.2 cm³/mol. The fourth-order valence-electron chi connectivity index (χ4n) is 3.11. The number of anilines is 1. The molecule has 0 saturated carbocycles. The third kappa shape index (κ3) is 3.70. The number of rotatable bonds is 6. The van der Waals surface area contributed by atoms with Gasteiger partial charge in [0.1, 0.15) is 5.75 Å². The van der Waals surface area contributed by atoms with E-state index in [1.54, 1.807) is 6.07 Å². The normalized spacial score (nSPS) is 17.2. The summed E-state index contributed by atoms with van der Waals surface area (Å²) in [4.78, 5) is 9.12. The van der Waals surface area contributed by atoms with Crippen LogP contribution in [0.2, 0.25) is 0 Å². The van der Waals surface area contributed by atoms with Crippen LogP contribution in [-0.4, -0.2) is 46.3 Å². The Morgan fingerprint density at radius 2 is 1.96 bits per heavy atom. The van der Waals surface area contributed by atoms with Crippen molar-refractivity contribution in [2.24, 2.45) is 0 Å². The van der Waals surface area contributed by atoms with Gasteiger partial charge in [0.15, 0.2) is 5.82 Å². The summed E-state index contributed by atoms with van der Waals surface area (Å²) in [5, 5.41) is 14.1. The maximum absolute atomic E-state index is 10.0. The summed E-state index contributed by atoms with van der Waals surface area (Å²) in [7, 11) is 0. The molecule has 1 aromatic carbocycles. The van der Waals surface area contributed by atoms with E-state index >= 15 is 0 Å². The van der Waals surface area contributed by atoms with Crippen LogP contribution in [0.5, 0.6) is 5.75 Å². The molecule has 0 bridgehead atoms. The molecule has 0 spiro atoms. The minimum Gasteiger partial charge on any atom is -0.506 e. The van der Waals surface area contributed by atoms with Gasteiger partial charge in [0.25, 0.3) is 0 Å². The molecule has 1 aliphatic rings. The second-order valence-electron chi connectivity index (χ2n) is 6.34. The van der Waals surface area contributed by atoms with Crippen molar-refractivity contribution in [2.45, 2.75) is 39.2 Å². The largest absolute Gasteiger partial charge is 0.506 e. The molecule has 0 aliphatic carbocycles. The molecule has 6 nitrogen and oxygen atoms in total. The molecule has 130 valence electrons. The molecule has 6 heteroatoms. The SMILES string of the molecule is CCCCc1noc([C@H](C)N2CCN(c3ccccc3O)CC2)n1. The monoisotopic (exact) mass is 330 g/mol. The Morgan fingerprint density at radius 3 is 2.67 bits per heavy atom. The molecule has 2 aromatic rings. The van der Waals surface area contributed by atoms with Crippen LogP contribution in [0.1, 0.15) is 44.4 Å². The Hall–Kier alpha value is -2.08. The molecule has 2 heterocycles. The molecule has 24 heavy (non-hydrogen) atoms. The van der Waals surface area contributed by atoms with Gasteiger partial charge in [0, 0.05) is 32.6 Å². The van der Waals surface area contributed by atoms with Crippen LogP contribution >= 0.6 is 0 Å². The molecule has 0 radical (unpaired) electrons. The van der Waals surface area contributed by atoms with E-state index in [1.165, 1.54) is 0 Å². The van der Waals surface area contributed by atoms with Crippen LogP contribution in [0.25, 0.3) is 0 Å². The highest BCUT2D eigenvalue weighted by atomic mass is 16.5. The van der Waals surface area contributed by atoms with Crippen LogP contribution in [0.4, 0.5) is 5.69 Å². The minimum absolute atomic E-state index is 0.124. The molecule has 0 amide bonds. The van der Waals surface area contributed by atoms with Crippen molar-refractivity contribution in [3.8, 4) is 5.75 Å². The zero-order valence-corrected chi connectivity index (χ0v) is 14.5. The number of benzene rings is 1. The Bertz CT molecular complexity index is 650. The third-order valence-corrected chi connectivity index (χ3v) is 4.68. The number of aromatic hydroxyl groups is 1.